The second-order valence-electron chi connectivity index (χ2n) is 5.33. The van der Waals surface area contributed by atoms with E-state index in [-0.39, 0.29) is 30.3 Å². The number of ether oxygens (including phenoxy) is 2. The molecule has 2 aromatic carbocycles. The molecule has 0 aromatic heterocycles. The summed E-state index contributed by atoms with van der Waals surface area (Å²) in [6.07, 6.45) is 2.67. The third kappa shape index (κ3) is 3.65. The van der Waals surface area contributed by atoms with Crippen LogP contribution in [0.15, 0.2) is 36.4 Å². The number of hydrogen-bond donors (Lipinski definition) is 2. The second-order valence-corrected chi connectivity index (χ2v) is 5.77. The molecular formula is C18H13ClO6. The summed E-state index contributed by atoms with van der Waals surface area (Å²) < 4.78 is 10.6. The number of phenolic OH excluding ortho intramolecular Hbond substituents is 1. The molecule has 7 heteroatoms. The van der Waals surface area contributed by atoms with Crippen LogP contribution in [0.2, 0.25) is 5.02 Å². The molecule has 0 saturated heterocycles. The van der Waals surface area contributed by atoms with Crippen molar-refractivity contribution in [2.24, 2.45) is 0 Å². The van der Waals surface area contributed by atoms with Crippen LogP contribution in [0.25, 0.3) is 6.08 Å². The smallest absolute Gasteiger partial charge is 0.335 e. The van der Waals surface area contributed by atoms with Gasteiger partial charge < -0.3 is 19.7 Å². The molecule has 0 saturated carbocycles. The second kappa shape index (κ2) is 6.96. The number of allylic oxidation sites excluding steroid dienone is 1. The van der Waals surface area contributed by atoms with Gasteiger partial charge in [-0.15, -0.1) is 0 Å². The van der Waals surface area contributed by atoms with E-state index in [0.717, 1.165) is 0 Å². The zero-order valence-electron chi connectivity index (χ0n) is 12.9. The van der Waals surface area contributed by atoms with Gasteiger partial charge in [-0.25, -0.2) is 4.79 Å². The van der Waals surface area contributed by atoms with Crippen molar-refractivity contribution in [3.63, 3.8) is 0 Å². The standard InChI is InChI=1S/C18H13ClO6/c19-13-2-4-16(21)14(7-13)15(20)3-1-10-5-11(18(22)23)6-12-8-24-9-25-17(10)12/h1-7,21H,8-9H2,(H,22,23). The highest BCUT2D eigenvalue weighted by Gasteiger charge is 2.18. The molecule has 1 aliphatic rings. The van der Waals surface area contributed by atoms with Crippen LogP contribution < -0.4 is 4.74 Å². The fourth-order valence-corrected chi connectivity index (χ4v) is 2.63. The van der Waals surface area contributed by atoms with Gasteiger partial charge in [0, 0.05) is 16.1 Å². The molecule has 25 heavy (non-hydrogen) atoms. The number of hydrogen-bond acceptors (Lipinski definition) is 5. The summed E-state index contributed by atoms with van der Waals surface area (Å²) in [5.74, 6) is -1.29. The van der Waals surface area contributed by atoms with Crippen molar-refractivity contribution in [2.75, 3.05) is 6.79 Å². The molecule has 0 radical (unpaired) electrons. The maximum absolute atomic E-state index is 12.3. The van der Waals surface area contributed by atoms with Gasteiger partial charge in [0.05, 0.1) is 17.7 Å². The molecule has 6 nitrogen and oxygen atoms in total. The first-order chi connectivity index (χ1) is 12.0. The topological polar surface area (TPSA) is 93.1 Å². The molecule has 0 bridgehead atoms. The van der Waals surface area contributed by atoms with Crippen LogP contribution in [0.5, 0.6) is 11.5 Å². The Bertz CT molecular complexity index is 887. The Kier molecular flexibility index (Phi) is 4.74. The Morgan fingerprint density at radius 1 is 1.20 bits per heavy atom. The Morgan fingerprint density at radius 3 is 2.76 bits per heavy atom. The van der Waals surface area contributed by atoms with Crippen LogP contribution in [0.3, 0.4) is 0 Å². The minimum Gasteiger partial charge on any atom is -0.507 e. The predicted molar refractivity (Wildman–Crippen MR) is 90.2 cm³/mol. The van der Waals surface area contributed by atoms with Crippen molar-refractivity contribution in [1.29, 1.82) is 0 Å². The first kappa shape index (κ1) is 17.0. The van der Waals surface area contributed by atoms with E-state index in [9.17, 15) is 19.8 Å². The lowest BCUT2D eigenvalue weighted by Gasteiger charge is -2.20. The van der Waals surface area contributed by atoms with Crippen LogP contribution >= 0.6 is 11.6 Å². The van der Waals surface area contributed by atoms with E-state index in [0.29, 0.717) is 21.9 Å². The SMILES string of the molecule is O=C(O)c1cc(C=CC(=O)c2cc(Cl)ccc2O)c2c(c1)COCO2. The van der Waals surface area contributed by atoms with Gasteiger partial charge in [-0.3, -0.25) is 4.79 Å². The van der Waals surface area contributed by atoms with Gasteiger partial charge in [-0.1, -0.05) is 11.6 Å². The molecule has 0 fully saturated rings. The summed E-state index contributed by atoms with van der Waals surface area (Å²) in [5.41, 5.74) is 1.14. The lowest BCUT2D eigenvalue weighted by atomic mass is 10.0. The summed E-state index contributed by atoms with van der Waals surface area (Å²) in [4.78, 5) is 23.6. The third-order valence-corrected chi connectivity index (χ3v) is 3.86. The van der Waals surface area contributed by atoms with Gasteiger partial charge in [0.25, 0.3) is 0 Å². The lowest BCUT2D eigenvalue weighted by Crippen LogP contribution is -2.13. The number of aromatic carboxylic acids is 1. The van der Waals surface area contributed by atoms with Gasteiger partial charge in [-0.2, -0.15) is 0 Å². The van der Waals surface area contributed by atoms with Crippen LogP contribution in [-0.2, 0) is 11.3 Å². The minimum absolute atomic E-state index is 0.0449. The van der Waals surface area contributed by atoms with E-state index >= 15 is 0 Å². The number of phenols is 1. The normalized spacial score (nSPS) is 13.3. The molecule has 0 unspecified atom stereocenters. The highest BCUT2D eigenvalue weighted by atomic mass is 35.5. The van der Waals surface area contributed by atoms with Crippen molar-refractivity contribution in [2.45, 2.75) is 6.61 Å². The summed E-state index contributed by atoms with van der Waals surface area (Å²) in [6.45, 7) is 0.267. The van der Waals surface area contributed by atoms with Crippen LogP contribution in [0.1, 0.15) is 31.8 Å². The largest absolute Gasteiger partial charge is 0.507 e. The Morgan fingerprint density at radius 2 is 2.00 bits per heavy atom. The number of carbonyl (C=O) groups is 2. The number of benzene rings is 2. The van der Waals surface area contributed by atoms with Gasteiger partial charge in [0.15, 0.2) is 12.6 Å². The van der Waals surface area contributed by atoms with E-state index in [1.54, 1.807) is 0 Å². The minimum atomic E-state index is -1.10. The summed E-state index contributed by atoms with van der Waals surface area (Å²) in [7, 11) is 0. The van der Waals surface area contributed by atoms with E-state index in [2.05, 4.69) is 0 Å². The van der Waals surface area contributed by atoms with Crippen LogP contribution in [0, 0.1) is 0 Å². The van der Waals surface area contributed by atoms with Crippen LogP contribution in [0.4, 0.5) is 0 Å². The van der Waals surface area contributed by atoms with E-state index in [4.69, 9.17) is 21.1 Å². The van der Waals surface area contributed by atoms with Crippen molar-refractivity contribution in [1.82, 2.24) is 0 Å². The van der Waals surface area contributed by atoms with Crippen molar-refractivity contribution < 1.29 is 29.3 Å². The number of aromatic hydroxyl groups is 1. The van der Waals surface area contributed by atoms with E-state index in [1.165, 1.54) is 42.5 Å². The molecule has 1 heterocycles. The summed E-state index contributed by atoms with van der Waals surface area (Å²) in [5, 5.41) is 19.3. The molecule has 3 rings (SSSR count). The van der Waals surface area contributed by atoms with Gasteiger partial charge in [0.1, 0.15) is 11.5 Å². The monoisotopic (exact) mass is 360 g/mol. The molecule has 2 N–H and O–H groups in total. The van der Waals surface area contributed by atoms with E-state index in [1.807, 2.05) is 0 Å². The number of carbonyl (C=O) groups excluding carboxylic acids is 1. The molecule has 0 amide bonds. The molecule has 128 valence electrons. The molecule has 0 spiro atoms. The number of carboxylic acids is 1. The highest BCUT2D eigenvalue weighted by Crippen LogP contribution is 2.31. The fourth-order valence-electron chi connectivity index (χ4n) is 2.46. The van der Waals surface area contributed by atoms with Gasteiger partial charge in [-0.05, 0) is 42.5 Å². The first-order valence-electron chi connectivity index (χ1n) is 7.27. The summed E-state index contributed by atoms with van der Waals surface area (Å²) in [6, 6.07) is 7.04. The quantitative estimate of drug-likeness (QED) is 0.640. The number of fused-ring (bicyclic) bond motifs is 1. The fraction of sp³-hybridized carbons (Fsp3) is 0.111. The molecule has 0 atom stereocenters. The summed E-state index contributed by atoms with van der Waals surface area (Å²) >= 11 is 5.84. The number of halogens is 1. The molecule has 2 aromatic rings. The Labute approximate surface area is 147 Å². The number of ketones is 1. The Balaban J connectivity index is 1.97. The maximum Gasteiger partial charge on any atom is 0.335 e. The average Bonchev–Trinajstić information content (AvgIpc) is 2.61. The Hall–Kier alpha value is -2.83. The van der Waals surface area contributed by atoms with Gasteiger partial charge >= 0.3 is 5.97 Å². The molecule has 1 aliphatic heterocycles. The number of carboxylic acid groups (broad SMARTS) is 1. The van der Waals surface area contributed by atoms with Crippen LogP contribution in [-0.4, -0.2) is 28.8 Å². The van der Waals surface area contributed by atoms with Crippen molar-refractivity contribution >= 4 is 29.4 Å². The zero-order valence-corrected chi connectivity index (χ0v) is 13.6. The van der Waals surface area contributed by atoms with E-state index < -0.39 is 11.8 Å². The average molecular weight is 361 g/mol. The first-order valence-corrected chi connectivity index (χ1v) is 7.65. The maximum atomic E-state index is 12.3. The number of rotatable bonds is 4. The van der Waals surface area contributed by atoms with Crippen molar-refractivity contribution in [3.05, 3.63) is 63.7 Å². The van der Waals surface area contributed by atoms with Crippen molar-refractivity contribution in [3.8, 4) is 11.5 Å². The molecule has 0 aliphatic carbocycles. The third-order valence-electron chi connectivity index (χ3n) is 3.62. The lowest BCUT2D eigenvalue weighted by molar-refractivity contribution is -0.0165. The van der Waals surface area contributed by atoms with Gasteiger partial charge in [0.2, 0.25) is 0 Å². The highest BCUT2D eigenvalue weighted by molar-refractivity contribution is 6.31. The predicted octanol–water partition coefficient (Wildman–Crippen LogP) is 3.51. The zero-order chi connectivity index (χ0) is 18.0. The molecular weight excluding hydrogens is 348 g/mol.